The van der Waals surface area contributed by atoms with E-state index in [1.165, 1.54) is 0 Å². The summed E-state index contributed by atoms with van der Waals surface area (Å²) in [6.07, 6.45) is 6.67. The van der Waals surface area contributed by atoms with E-state index in [2.05, 4.69) is 9.38 Å². The number of rotatable bonds is 2. The SMILES string of the molecule is O=Cc1ccn2c(C3CCOCC3)ncc2c1. The van der Waals surface area contributed by atoms with Gasteiger partial charge in [0.05, 0.1) is 11.7 Å². The minimum absolute atomic E-state index is 0.466. The molecule has 0 atom stereocenters. The van der Waals surface area contributed by atoms with E-state index < -0.39 is 0 Å². The Labute approximate surface area is 99.2 Å². The van der Waals surface area contributed by atoms with Gasteiger partial charge < -0.3 is 9.14 Å². The molecular formula is C13H14N2O2. The van der Waals surface area contributed by atoms with E-state index in [0.29, 0.717) is 11.5 Å². The Morgan fingerprint density at radius 2 is 2.24 bits per heavy atom. The van der Waals surface area contributed by atoms with Crippen molar-refractivity contribution in [2.24, 2.45) is 0 Å². The number of nitrogens with zero attached hydrogens (tertiary/aromatic N) is 2. The van der Waals surface area contributed by atoms with Gasteiger partial charge in [-0.25, -0.2) is 4.98 Å². The molecule has 2 aromatic rings. The number of ether oxygens (including phenoxy) is 1. The molecule has 0 N–H and O–H groups in total. The second-order valence-corrected chi connectivity index (χ2v) is 4.38. The van der Waals surface area contributed by atoms with E-state index in [1.54, 1.807) is 0 Å². The number of aldehydes is 1. The molecule has 0 spiro atoms. The molecule has 0 aromatic carbocycles. The normalized spacial score (nSPS) is 17.4. The molecule has 1 aliphatic rings. The van der Waals surface area contributed by atoms with Gasteiger partial charge >= 0.3 is 0 Å². The van der Waals surface area contributed by atoms with E-state index in [0.717, 1.165) is 43.7 Å². The summed E-state index contributed by atoms with van der Waals surface area (Å²) < 4.78 is 7.44. The maximum atomic E-state index is 10.7. The van der Waals surface area contributed by atoms with E-state index in [4.69, 9.17) is 4.74 Å². The van der Waals surface area contributed by atoms with Gasteiger partial charge in [0.2, 0.25) is 0 Å². The fourth-order valence-electron chi connectivity index (χ4n) is 2.37. The molecule has 0 radical (unpaired) electrons. The molecular weight excluding hydrogens is 216 g/mol. The fourth-order valence-corrected chi connectivity index (χ4v) is 2.37. The van der Waals surface area contributed by atoms with Gasteiger partial charge in [-0.2, -0.15) is 0 Å². The molecule has 1 saturated heterocycles. The van der Waals surface area contributed by atoms with E-state index in [-0.39, 0.29) is 0 Å². The van der Waals surface area contributed by atoms with Gasteiger partial charge in [0.25, 0.3) is 0 Å². The molecule has 0 saturated carbocycles. The zero-order chi connectivity index (χ0) is 11.7. The molecule has 0 aliphatic carbocycles. The van der Waals surface area contributed by atoms with Gasteiger partial charge in [-0.15, -0.1) is 0 Å². The van der Waals surface area contributed by atoms with E-state index in [9.17, 15) is 4.79 Å². The lowest BCUT2D eigenvalue weighted by Crippen LogP contribution is -2.16. The van der Waals surface area contributed by atoms with Crippen molar-refractivity contribution >= 4 is 11.8 Å². The van der Waals surface area contributed by atoms with Crippen molar-refractivity contribution in [2.45, 2.75) is 18.8 Å². The molecule has 0 unspecified atom stereocenters. The van der Waals surface area contributed by atoms with Crippen molar-refractivity contribution in [1.82, 2.24) is 9.38 Å². The van der Waals surface area contributed by atoms with Crippen LogP contribution in [0.2, 0.25) is 0 Å². The number of fused-ring (bicyclic) bond motifs is 1. The Hall–Kier alpha value is -1.68. The first-order chi connectivity index (χ1) is 8.38. The summed E-state index contributed by atoms with van der Waals surface area (Å²) in [6, 6.07) is 3.69. The maximum absolute atomic E-state index is 10.7. The third kappa shape index (κ3) is 1.85. The number of aromatic nitrogens is 2. The van der Waals surface area contributed by atoms with Crippen LogP contribution in [0.5, 0.6) is 0 Å². The number of pyridine rings is 1. The van der Waals surface area contributed by atoms with Crippen LogP contribution >= 0.6 is 0 Å². The third-order valence-corrected chi connectivity index (χ3v) is 3.31. The second kappa shape index (κ2) is 4.30. The topological polar surface area (TPSA) is 43.6 Å². The van der Waals surface area contributed by atoms with Crippen molar-refractivity contribution in [3.63, 3.8) is 0 Å². The van der Waals surface area contributed by atoms with Crippen LogP contribution in [0.15, 0.2) is 24.5 Å². The molecule has 88 valence electrons. The van der Waals surface area contributed by atoms with Gasteiger partial charge in [-0.1, -0.05) is 0 Å². The zero-order valence-electron chi connectivity index (χ0n) is 9.50. The molecule has 3 rings (SSSR count). The summed E-state index contributed by atoms with van der Waals surface area (Å²) in [5.41, 5.74) is 1.67. The lowest BCUT2D eigenvalue weighted by Gasteiger charge is -2.20. The van der Waals surface area contributed by atoms with Gasteiger partial charge in [0.1, 0.15) is 12.1 Å². The molecule has 0 bridgehead atoms. The molecule has 0 amide bonds. The maximum Gasteiger partial charge on any atom is 0.150 e. The van der Waals surface area contributed by atoms with Crippen LogP contribution in [-0.4, -0.2) is 28.9 Å². The second-order valence-electron chi connectivity index (χ2n) is 4.38. The summed E-state index contributed by atoms with van der Waals surface area (Å²) in [4.78, 5) is 15.2. The average Bonchev–Trinajstić information content (AvgIpc) is 2.82. The van der Waals surface area contributed by atoms with Crippen LogP contribution in [0.4, 0.5) is 0 Å². The van der Waals surface area contributed by atoms with Gasteiger partial charge in [0, 0.05) is 30.9 Å². The smallest absolute Gasteiger partial charge is 0.150 e. The summed E-state index contributed by atoms with van der Waals surface area (Å²) in [7, 11) is 0. The van der Waals surface area contributed by atoms with Crippen molar-refractivity contribution < 1.29 is 9.53 Å². The minimum Gasteiger partial charge on any atom is -0.381 e. The predicted molar refractivity (Wildman–Crippen MR) is 63.4 cm³/mol. The van der Waals surface area contributed by atoms with Gasteiger partial charge in [-0.05, 0) is 25.0 Å². The molecule has 17 heavy (non-hydrogen) atoms. The molecule has 1 aliphatic heterocycles. The van der Waals surface area contributed by atoms with Crippen molar-refractivity contribution in [1.29, 1.82) is 0 Å². The first-order valence-corrected chi connectivity index (χ1v) is 5.88. The lowest BCUT2D eigenvalue weighted by atomic mass is 9.99. The number of carbonyl (C=O) groups is 1. The standard InChI is InChI=1S/C13H14N2O2/c16-9-10-1-4-15-12(7-10)8-14-13(15)11-2-5-17-6-3-11/h1,4,7-9,11H,2-3,5-6H2. The van der Waals surface area contributed by atoms with Crippen LogP contribution in [0, 0.1) is 0 Å². The fraction of sp³-hybridized carbons (Fsp3) is 0.385. The first kappa shape index (κ1) is 10.5. The number of hydrogen-bond donors (Lipinski definition) is 0. The Bertz CT molecular complexity index is 541. The summed E-state index contributed by atoms with van der Waals surface area (Å²) in [5, 5.41) is 0. The van der Waals surface area contributed by atoms with Gasteiger partial charge in [0.15, 0.2) is 0 Å². The highest BCUT2D eigenvalue weighted by atomic mass is 16.5. The number of imidazole rings is 1. The molecule has 3 heterocycles. The van der Waals surface area contributed by atoms with Crippen LogP contribution in [0.3, 0.4) is 0 Å². The average molecular weight is 230 g/mol. The number of carbonyl (C=O) groups excluding carboxylic acids is 1. The number of hydrogen-bond acceptors (Lipinski definition) is 3. The highest BCUT2D eigenvalue weighted by molar-refractivity contribution is 5.77. The van der Waals surface area contributed by atoms with Gasteiger partial charge in [-0.3, -0.25) is 4.79 Å². The zero-order valence-corrected chi connectivity index (χ0v) is 9.50. The predicted octanol–water partition coefficient (Wildman–Crippen LogP) is 2.04. The quantitative estimate of drug-likeness (QED) is 0.741. The van der Waals surface area contributed by atoms with Crippen molar-refractivity contribution in [3.05, 3.63) is 35.9 Å². The molecule has 4 nitrogen and oxygen atoms in total. The molecule has 2 aromatic heterocycles. The Morgan fingerprint density at radius 1 is 1.41 bits per heavy atom. The van der Waals surface area contributed by atoms with Crippen LogP contribution in [-0.2, 0) is 4.74 Å². The van der Waals surface area contributed by atoms with Crippen molar-refractivity contribution in [2.75, 3.05) is 13.2 Å². The largest absolute Gasteiger partial charge is 0.381 e. The van der Waals surface area contributed by atoms with E-state index >= 15 is 0 Å². The highest BCUT2D eigenvalue weighted by Crippen LogP contribution is 2.26. The Kier molecular flexibility index (Phi) is 2.65. The Balaban J connectivity index is 2.02. The minimum atomic E-state index is 0.466. The van der Waals surface area contributed by atoms with Crippen molar-refractivity contribution in [3.8, 4) is 0 Å². The third-order valence-electron chi connectivity index (χ3n) is 3.31. The molecule has 1 fully saturated rings. The van der Waals surface area contributed by atoms with Crippen LogP contribution in [0.25, 0.3) is 5.52 Å². The highest BCUT2D eigenvalue weighted by Gasteiger charge is 2.20. The summed E-state index contributed by atoms with van der Waals surface area (Å²) in [5.74, 6) is 1.55. The van der Waals surface area contributed by atoms with E-state index in [1.807, 2.05) is 24.5 Å². The first-order valence-electron chi connectivity index (χ1n) is 5.88. The lowest BCUT2D eigenvalue weighted by molar-refractivity contribution is 0.0835. The molecule has 4 heteroatoms. The monoisotopic (exact) mass is 230 g/mol. The summed E-state index contributed by atoms with van der Waals surface area (Å²) >= 11 is 0. The summed E-state index contributed by atoms with van der Waals surface area (Å²) in [6.45, 7) is 1.62. The Morgan fingerprint density at radius 3 is 3.00 bits per heavy atom. The van der Waals surface area contributed by atoms with Crippen LogP contribution in [0.1, 0.15) is 34.9 Å². The van der Waals surface area contributed by atoms with Crippen LogP contribution < -0.4 is 0 Å².